The predicted molar refractivity (Wildman–Crippen MR) is 83.8 cm³/mol. The van der Waals surface area contributed by atoms with E-state index in [1.165, 1.54) is 0 Å². The van der Waals surface area contributed by atoms with Crippen molar-refractivity contribution in [2.45, 2.75) is 68.4 Å². The van der Waals surface area contributed by atoms with Crippen LogP contribution >= 0.6 is 0 Å². The van der Waals surface area contributed by atoms with Crippen LogP contribution in [0.3, 0.4) is 0 Å². The monoisotopic (exact) mass is 555 g/mol. The lowest BCUT2D eigenvalue weighted by molar-refractivity contribution is -0.449. The first-order valence-electron chi connectivity index (χ1n) is 9.01. The number of esters is 1. The molecule has 0 saturated carbocycles. The molecule has 19 heteroatoms. The van der Waals surface area contributed by atoms with Gasteiger partial charge in [-0.15, -0.1) is 0 Å². The van der Waals surface area contributed by atoms with Gasteiger partial charge in [0.25, 0.3) is 5.91 Å². The highest BCUT2D eigenvalue weighted by Gasteiger charge is 2.94. The number of nitrogens with one attached hydrogen (secondary N) is 1. The Bertz CT molecular complexity index is 762. The number of hydrogen-bond donors (Lipinski definition) is 1. The lowest BCUT2D eigenvalue weighted by Gasteiger charge is -2.41. The summed E-state index contributed by atoms with van der Waals surface area (Å²) in [7, 11) is 0. The van der Waals surface area contributed by atoms with Gasteiger partial charge in [-0.05, 0) is 18.8 Å². The Balaban J connectivity index is 5.82. The van der Waals surface area contributed by atoms with Crippen molar-refractivity contribution in [3.63, 3.8) is 0 Å². The van der Waals surface area contributed by atoms with Crippen LogP contribution in [0.15, 0.2) is 0 Å². The summed E-state index contributed by atoms with van der Waals surface area (Å²) >= 11 is 0. The molecule has 35 heavy (non-hydrogen) atoms. The van der Waals surface area contributed by atoms with Gasteiger partial charge in [0.05, 0.1) is 6.61 Å². The lowest BCUT2D eigenvalue weighted by Crippen LogP contribution is -2.74. The van der Waals surface area contributed by atoms with Crippen molar-refractivity contribution in [3.8, 4) is 0 Å². The molecule has 0 bridgehead atoms. The topological polar surface area (TPSA) is 55.4 Å². The van der Waals surface area contributed by atoms with Crippen LogP contribution in [0, 0.1) is 5.92 Å². The van der Waals surface area contributed by atoms with Crippen LogP contribution in [-0.2, 0) is 14.3 Å². The number of carbonyl (C=O) groups is 2. The SMILES string of the molecule is CC(C)CCCOC(=O)CNC(=O)C(F)(F)C(F)(F)C(F)(F)C(F)(F)C(F)(F)C(F)(F)C(F)(F)F. The second-order valence-electron chi connectivity index (χ2n) is 7.38. The van der Waals surface area contributed by atoms with Gasteiger partial charge < -0.3 is 10.1 Å². The minimum absolute atomic E-state index is 0.109. The van der Waals surface area contributed by atoms with E-state index >= 15 is 0 Å². The second-order valence-corrected chi connectivity index (χ2v) is 7.38. The molecule has 0 unspecified atom stereocenters. The zero-order valence-electron chi connectivity index (χ0n) is 17.3. The maximum Gasteiger partial charge on any atom is 0.460 e. The first kappa shape index (κ1) is 32.9. The predicted octanol–water partition coefficient (Wildman–Crippen LogP) is 5.46. The van der Waals surface area contributed by atoms with Crippen LogP contribution in [0.4, 0.5) is 65.9 Å². The molecule has 208 valence electrons. The zero-order chi connectivity index (χ0) is 28.5. The minimum atomic E-state index is -8.50. The molecular formula is C16H16F15NO3. The normalized spacial score (nSPS) is 14.8. The van der Waals surface area contributed by atoms with E-state index in [2.05, 4.69) is 4.74 Å². The van der Waals surface area contributed by atoms with Crippen molar-refractivity contribution in [2.75, 3.05) is 13.2 Å². The molecule has 0 heterocycles. The standard InChI is InChI=1S/C16H16F15NO3/c1-7(2)4-3-5-35-8(33)6-32-9(34)10(17,18)11(19,20)12(21,22)13(23,24)14(25,26)15(27,28)16(29,30)31/h7H,3-6H2,1-2H3,(H,32,34). The van der Waals surface area contributed by atoms with Crippen LogP contribution in [0.1, 0.15) is 26.7 Å². The average molecular weight is 555 g/mol. The smallest absolute Gasteiger partial charge is 0.460 e. The molecule has 0 aliphatic rings. The van der Waals surface area contributed by atoms with Crippen molar-refractivity contribution in [1.29, 1.82) is 0 Å². The van der Waals surface area contributed by atoms with E-state index in [-0.39, 0.29) is 12.3 Å². The summed E-state index contributed by atoms with van der Waals surface area (Å²) in [5.74, 6) is -53.7. The largest absolute Gasteiger partial charge is 0.464 e. The average Bonchev–Trinajstić information content (AvgIpc) is 2.67. The summed E-state index contributed by atoms with van der Waals surface area (Å²) in [6.07, 6.45) is -7.07. The third-order valence-corrected chi connectivity index (χ3v) is 4.20. The highest BCUT2D eigenvalue weighted by atomic mass is 19.4. The molecule has 0 saturated heterocycles. The van der Waals surface area contributed by atoms with E-state index < -0.39 is 66.7 Å². The molecule has 1 amide bonds. The summed E-state index contributed by atoms with van der Waals surface area (Å²) in [5.41, 5.74) is 0. The van der Waals surface area contributed by atoms with E-state index in [1.807, 2.05) is 0 Å². The number of ether oxygens (including phenoxy) is 1. The van der Waals surface area contributed by atoms with Gasteiger partial charge in [0, 0.05) is 0 Å². The first-order valence-corrected chi connectivity index (χ1v) is 9.01. The Hall–Kier alpha value is -2.11. The number of carbonyl (C=O) groups excluding carboxylic acids is 2. The molecule has 0 aliphatic heterocycles. The van der Waals surface area contributed by atoms with Crippen LogP contribution in [0.25, 0.3) is 0 Å². The van der Waals surface area contributed by atoms with Crippen molar-refractivity contribution in [3.05, 3.63) is 0 Å². The Morgan fingerprint density at radius 2 is 1.09 bits per heavy atom. The number of rotatable bonds is 12. The third-order valence-electron chi connectivity index (χ3n) is 4.20. The molecular weight excluding hydrogens is 539 g/mol. The van der Waals surface area contributed by atoms with Crippen LogP contribution in [-0.4, -0.2) is 66.7 Å². The van der Waals surface area contributed by atoms with Gasteiger partial charge in [-0.3, -0.25) is 9.59 Å². The van der Waals surface area contributed by atoms with E-state index in [0.717, 1.165) is 0 Å². The molecule has 0 rings (SSSR count). The van der Waals surface area contributed by atoms with Crippen molar-refractivity contribution in [1.82, 2.24) is 5.32 Å². The van der Waals surface area contributed by atoms with Crippen LogP contribution < -0.4 is 5.32 Å². The molecule has 0 fully saturated rings. The fraction of sp³-hybridized carbons (Fsp3) is 0.875. The Labute approximate surface area is 186 Å². The summed E-state index contributed by atoms with van der Waals surface area (Å²) in [6, 6.07) is 0. The second kappa shape index (κ2) is 10.1. The Kier molecular flexibility index (Phi) is 9.49. The molecule has 0 aromatic rings. The molecule has 0 radical (unpaired) electrons. The third kappa shape index (κ3) is 5.83. The van der Waals surface area contributed by atoms with Crippen LogP contribution in [0.2, 0.25) is 0 Å². The van der Waals surface area contributed by atoms with Gasteiger partial charge in [-0.1, -0.05) is 13.8 Å². The van der Waals surface area contributed by atoms with E-state index in [1.54, 1.807) is 13.8 Å². The van der Waals surface area contributed by atoms with Crippen molar-refractivity contribution in [2.24, 2.45) is 5.92 Å². The van der Waals surface area contributed by atoms with Gasteiger partial charge in [0.1, 0.15) is 6.54 Å². The molecule has 0 spiro atoms. The lowest BCUT2D eigenvalue weighted by atomic mass is 9.91. The van der Waals surface area contributed by atoms with Gasteiger partial charge in [-0.25, -0.2) is 0 Å². The fourth-order valence-electron chi connectivity index (χ4n) is 2.10. The Morgan fingerprint density at radius 1 is 0.686 bits per heavy atom. The van der Waals surface area contributed by atoms with Crippen LogP contribution in [0.5, 0.6) is 0 Å². The van der Waals surface area contributed by atoms with Gasteiger partial charge >= 0.3 is 47.7 Å². The highest BCUT2D eigenvalue weighted by molar-refractivity contribution is 5.88. The summed E-state index contributed by atoms with van der Waals surface area (Å²) in [4.78, 5) is 22.4. The molecule has 4 nitrogen and oxygen atoms in total. The van der Waals surface area contributed by atoms with E-state index in [0.29, 0.717) is 11.7 Å². The van der Waals surface area contributed by atoms with E-state index in [9.17, 15) is 75.4 Å². The highest BCUT2D eigenvalue weighted by Crippen LogP contribution is 2.62. The first-order chi connectivity index (χ1) is 15.2. The number of halogens is 15. The number of hydrogen-bond acceptors (Lipinski definition) is 3. The van der Waals surface area contributed by atoms with E-state index in [4.69, 9.17) is 0 Å². The van der Waals surface area contributed by atoms with Gasteiger partial charge in [-0.2, -0.15) is 65.9 Å². The maximum atomic E-state index is 13.6. The fourth-order valence-corrected chi connectivity index (χ4v) is 2.10. The minimum Gasteiger partial charge on any atom is -0.464 e. The summed E-state index contributed by atoms with van der Waals surface area (Å²) in [5, 5.41) is 0.558. The molecule has 0 aromatic carbocycles. The maximum absolute atomic E-state index is 13.6. The summed E-state index contributed by atoms with van der Waals surface area (Å²) in [6.45, 7) is 1.33. The molecule has 0 atom stereocenters. The van der Waals surface area contributed by atoms with Crippen molar-refractivity contribution >= 4 is 11.9 Å². The quantitative estimate of drug-likeness (QED) is 0.198. The number of amides is 1. The van der Waals surface area contributed by atoms with Crippen molar-refractivity contribution < 1.29 is 80.2 Å². The summed E-state index contributed by atoms with van der Waals surface area (Å²) < 4.78 is 200. The Morgan fingerprint density at radius 3 is 1.49 bits per heavy atom. The van der Waals surface area contributed by atoms with Gasteiger partial charge in [0.15, 0.2) is 0 Å². The number of alkyl halides is 15. The van der Waals surface area contributed by atoms with Gasteiger partial charge in [0.2, 0.25) is 0 Å². The molecule has 1 N–H and O–H groups in total. The molecule has 0 aromatic heterocycles. The zero-order valence-corrected chi connectivity index (χ0v) is 17.3. The molecule has 0 aliphatic carbocycles.